The number of benzene rings is 1. The van der Waals surface area contributed by atoms with Crippen LogP contribution in [0.5, 0.6) is 0 Å². The second kappa shape index (κ2) is 8.17. The highest BCUT2D eigenvalue weighted by molar-refractivity contribution is 5.36. The molecule has 0 aromatic heterocycles. The molecule has 0 aliphatic heterocycles. The van der Waals surface area contributed by atoms with Crippen molar-refractivity contribution in [2.75, 3.05) is 0 Å². The highest BCUT2D eigenvalue weighted by atomic mass is 19.1. The van der Waals surface area contributed by atoms with E-state index in [2.05, 4.69) is 18.8 Å². The summed E-state index contributed by atoms with van der Waals surface area (Å²) in [7, 11) is 0. The standard InChI is InChI=1S/C19H24F2/c1-2-3-4-5-15-6-8-16(9-7-15)10-11-17-12-13-18(20)14-19(17)21/h12-16H,2-9H2,1H3. The number of halogens is 2. The molecule has 0 N–H and O–H groups in total. The average molecular weight is 290 g/mol. The first-order chi connectivity index (χ1) is 10.2. The van der Waals surface area contributed by atoms with Gasteiger partial charge >= 0.3 is 0 Å². The lowest BCUT2D eigenvalue weighted by Gasteiger charge is -2.25. The Labute approximate surface area is 127 Å². The predicted octanol–water partition coefficient (Wildman–Crippen LogP) is 5.70. The first kappa shape index (κ1) is 16.0. The zero-order chi connectivity index (χ0) is 15.1. The van der Waals surface area contributed by atoms with Crippen LogP contribution in [0.4, 0.5) is 8.78 Å². The van der Waals surface area contributed by atoms with E-state index in [0.29, 0.717) is 11.5 Å². The molecule has 1 saturated carbocycles. The van der Waals surface area contributed by atoms with E-state index < -0.39 is 11.6 Å². The molecule has 1 aliphatic rings. The molecule has 21 heavy (non-hydrogen) atoms. The van der Waals surface area contributed by atoms with E-state index in [1.807, 2.05) is 0 Å². The Bertz CT molecular complexity index is 502. The maximum absolute atomic E-state index is 13.5. The van der Waals surface area contributed by atoms with Gasteiger partial charge in [-0.15, -0.1) is 0 Å². The van der Waals surface area contributed by atoms with Gasteiger partial charge in [-0.3, -0.25) is 0 Å². The van der Waals surface area contributed by atoms with Gasteiger partial charge in [0.2, 0.25) is 0 Å². The van der Waals surface area contributed by atoms with Gasteiger partial charge in [0.25, 0.3) is 0 Å². The molecule has 0 unspecified atom stereocenters. The number of hydrogen-bond donors (Lipinski definition) is 0. The van der Waals surface area contributed by atoms with Crippen LogP contribution in [0.25, 0.3) is 0 Å². The summed E-state index contributed by atoms with van der Waals surface area (Å²) in [4.78, 5) is 0. The van der Waals surface area contributed by atoms with Crippen molar-refractivity contribution in [2.45, 2.75) is 58.3 Å². The van der Waals surface area contributed by atoms with Crippen molar-refractivity contribution in [2.24, 2.45) is 11.8 Å². The molecule has 114 valence electrons. The molecule has 2 heteroatoms. The van der Waals surface area contributed by atoms with E-state index in [9.17, 15) is 8.78 Å². The van der Waals surface area contributed by atoms with Crippen LogP contribution in [0.15, 0.2) is 18.2 Å². The third-order valence-electron chi connectivity index (χ3n) is 4.40. The molecule has 1 aromatic carbocycles. The summed E-state index contributed by atoms with van der Waals surface area (Å²) in [6.45, 7) is 2.24. The summed E-state index contributed by atoms with van der Waals surface area (Å²) in [5.74, 6) is 6.18. The van der Waals surface area contributed by atoms with Crippen LogP contribution in [0.2, 0.25) is 0 Å². The van der Waals surface area contributed by atoms with Crippen LogP contribution in [-0.2, 0) is 0 Å². The highest BCUT2D eigenvalue weighted by Crippen LogP contribution is 2.31. The van der Waals surface area contributed by atoms with Gasteiger partial charge in [0, 0.05) is 12.0 Å². The van der Waals surface area contributed by atoms with Gasteiger partial charge in [0.1, 0.15) is 11.6 Å². The van der Waals surface area contributed by atoms with Crippen molar-refractivity contribution >= 4 is 0 Å². The second-order valence-corrected chi connectivity index (χ2v) is 6.11. The van der Waals surface area contributed by atoms with E-state index in [1.165, 1.54) is 50.7 Å². The van der Waals surface area contributed by atoms with Gasteiger partial charge in [-0.1, -0.05) is 44.4 Å². The molecule has 0 bridgehead atoms. The summed E-state index contributed by atoms with van der Waals surface area (Å²) in [5, 5.41) is 0. The van der Waals surface area contributed by atoms with Crippen molar-refractivity contribution in [3.63, 3.8) is 0 Å². The third kappa shape index (κ3) is 5.16. The summed E-state index contributed by atoms with van der Waals surface area (Å²) in [6, 6.07) is 3.58. The lowest BCUT2D eigenvalue weighted by molar-refractivity contribution is 0.294. The summed E-state index contributed by atoms with van der Waals surface area (Å²) < 4.78 is 26.3. The molecule has 0 saturated heterocycles. The molecule has 0 atom stereocenters. The van der Waals surface area contributed by atoms with Crippen LogP contribution >= 0.6 is 0 Å². The van der Waals surface area contributed by atoms with Gasteiger partial charge < -0.3 is 0 Å². The summed E-state index contributed by atoms with van der Waals surface area (Å²) >= 11 is 0. The Balaban J connectivity index is 1.82. The minimum atomic E-state index is -0.559. The Hall–Kier alpha value is -1.36. The minimum Gasteiger partial charge on any atom is -0.207 e. The SMILES string of the molecule is CCCCCC1CCC(C#Cc2ccc(F)cc2F)CC1. The van der Waals surface area contributed by atoms with E-state index in [1.54, 1.807) is 0 Å². The average Bonchev–Trinajstić information content (AvgIpc) is 2.48. The van der Waals surface area contributed by atoms with Crippen LogP contribution in [0.1, 0.15) is 63.9 Å². The van der Waals surface area contributed by atoms with Crippen molar-refractivity contribution < 1.29 is 8.78 Å². The second-order valence-electron chi connectivity index (χ2n) is 6.11. The molecule has 0 spiro atoms. The number of hydrogen-bond acceptors (Lipinski definition) is 0. The van der Waals surface area contributed by atoms with E-state index in [4.69, 9.17) is 0 Å². The quantitative estimate of drug-likeness (QED) is 0.492. The molecular formula is C19H24F2. The summed E-state index contributed by atoms with van der Waals surface area (Å²) in [6.07, 6.45) is 10.0. The molecule has 0 amide bonds. The predicted molar refractivity (Wildman–Crippen MR) is 82.8 cm³/mol. The number of unbranched alkanes of at least 4 members (excludes halogenated alkanes) is 2. The minimum absolute atomic E-state index is 0.307. The topological polar surface area (TPSA) is 0 Å². The smallest absolute Gasteiger partial charge is 0.141 e. The maximum Gasteiger partial charge on any atom is 0.141 e. The lowest BCUT2D eigenvalue weighted by atomic mass is 9.80. The Morgan fingerprint density at radius 3 is 2.52 bits per heavy atom. The zero-order valence-corrected chi connectivity index (χ0v) is 12.8. The monoisotopic (exact) mass is 290 g/mol. The van der Waals surface area contributed by atoms with Crippen LogP contribution < -0.4 is 0 Å². The fraction of sp³-hybridized carbons (Fsp3) is 0.579. The van der Waals surface area contributed by atoms with Gasteiger partial charge in [0.15, 0.2) is 0 Å². The lowest BCUT2D eigenvalue weighted by Crippen LogP contribution is -2.13. The molecule has 1 aliphatic carbocycles. The third-order valence-corrected chi connectivity index (χ3v) is 4.40. The Kier molecular flexibility index (Phi) is 6.23. The zero-order valence-electron chi connectivity index (χ0n) is 12.8. The fourth-order valence-electron chi connectivity index (χ4n) is 3.05. The number of rotatable bonds is 4. The summed E-state index contributed by atoms with van der Waals surface area (Å²) in [5.41, 5.74) is 0.307. The van der Waals surface area contributed by atoms with E-state index in [-0.39, 0.29) is 0 Å². The van der Waals surface area contributed by atoms with Crippen molar-refractivity contribution in [3.8, 4) is 11.8 Å². The largest absolute Gasteiger partial charge is 0.207 e. The van der Waals surface area contributed by atoms with Crippen molar-refractivity contribution in [1.82, 2.24) is 0 Å². The molecule has 1 fully saturated rings. The molecule has 1 aromatic rings. The van der Waals surface area contributed by atoms with Crippen LogP contribution in [0, 0.1) is 35.3 Å². The normalized spacial score (nSPS) is 21.7. The fourth-order valence-corrected chi connectivity index (χ4v) is 3.05. The molecule has 0 radical (unpaired) electrons. The van der Waals surface area contributed by atoms with Gasteiger partial charge in [-0.2, -0.15) is 0 Å². The maximum atomic E-state index is 13.5. The first-order valence-corrected chi connectivity index (χ1v) is 8.15. The van der Waals surface area contributed by atoms with Crippen LogP contribution in [0.3, 0.4) is 0 Å². The van der Waals surface area contributed by atoms with E-state index >= 15 is 0 Å². The van der Waals surface area contributed by atoms with Gasteiger partial charge in [-0.05, 0) is 43.7 Å². The van der Waals surface area contributed by atoms with Crippen molar-refractivity contribution in [1.29, 1.82) is 0 Å². The van der Waals surface area contributed by atoms with Crippen LogP contribution in [-0.4, -0.2) is 0 Å². The molecule has 2 rings (SSSR count). The molecule has 0 heterocycles. The Morgan fingerprint density at radius 2 is 1.86 bits per heavy atom. The highest BCUT2D eigenvalue weighted by Gasteiger charge is 2.19. The van der Waals surface area contributed by atoms with E-state index in [0.717, 1.165) is 24.8 Å². The molecule has 0 nitrogen and oxygen atoms in total. The van der Waals surface area contributed by atoms with Gasteiger partial charge in [-0.25, -0.2) is 8.78 Å². The van der Waals surface area contributed by atoms with Gasteiger partial charge in [0.05, 0.1) is 5.56 Å². The Morgan fingerprint density at radius 1 is 1.10 bits per heavy atom. The molecular weight excluding hydrogens is 266 g/mol. The first-order valence-electron chi connectivity index (χ1n) is 8.15. The van der Waals surface area contributed by atoms with Crippen molar-refractivity contribution in [3.05, 3.63) is 35.4 Å².